The van der Waals surface area contributed by atoms with E-state index in [0.717, 1.165) is 11.1 Å². The molecule has 0 radical (unpaired) electrons. The van der Waals surface area contributed by atoms with E-state index in [1.54, 1.807) is 11.9 Å². The van der Waals surface area contributed by atoms with Crippen molar-refractivity contribution in [2.75, 3.05) is 20.4 Å². The van der Waals surface area contributed by atoms with E-state index in [9.17, 15) is 26.3 Å². The maximum atomic E-state index is 13.3. The molecular weight excluding hydrogens is 512 g/mol. The highest BCUT2D eigenvalue weighted by Gasteiger charge is 2.37. The molecule has 1 atom stereocenters. The molecule has 0 aliphatic carbocycles. The van der Waals surface area contributed by atoms with Crippen LogP contribution in [0.25, 0.3) is 0 Å². The lowest BCUT2D eigenvalue weighted by Crippen LogP contribution is -2.40. The number of halogens is 6. The van der Waals surface area contributed by atoms with Gasteiger partial charge in [-0.3, -0.25) is 5.43 Å². The summed E-state index contributed by atoms with van der Waals surface area (Å²) in [5.41, 5.74) is 1.20. The molecule has 0 aliphatic rings. The first kappa shape index (κ1) is 29.0. The third kappa shape index (κ3) is 7.96. The van der Waals surface area contributed by atoms with Gasteiger partial charge in [0.05, 0.1) is 30.4 Å². The lowest BCUT2D eigenvalue weighted by Gasteiger charge is -2.34. The van der Waals surface area contributed by atoms with Gasteiger partial charge in [0.15, 0.2) is 0 Å². The number of hydrogen-bond acceptors (Lipinski definition) is 4. The van der Waals surface area contributed by atoms with Crippen LogP contribution in [0.2, 0.25) is 0 Å². The number of likely N-dealkylation sites (N-methyl/N-ethyl adjacent to an activating group) is 1. The Labute approximate surface area is 216 Å². The fourth-order valence-electron chi connectivity index (χ4n) is 4.06. The van der Waals surface area contributed by atoms with Crippen LogP contribution < -0.4 is 5.43 Å². The van der Waals surface area contributed by atoms with E-state index in [4.69, 9.17) is 9.84 Å². The van der Waals surface area contributed by atoms with Crippen molar-refractivity contribution in [2.45, 2.75) is 30.9 Å². The Kier molecular flexibility index (Phi) is 9.76. The SMILES string of the molecule is CN(C=NNCO)C(COCc1cc(C(F)(F)F)cc(C(F)(F)F)c1)C(c1ccccc1)c1ccccc1. The first-order valence-electron chi connectivity index (χ1n) is 11.6. The minimum atomic E-state index is -4.94. The number of hydrogen-bond donors (Lipinski definition) is 2. The van der Waals surface area contributed by atoms with Gasteiger partial charge in [0.1, 0.15) is 13.1 Å². The van der Waals surface area contributed by atoms with E-state index in [-0.39, 0.29) is 24.2 Å². The Balaban J connectivity index is 1.93. The fourth-order valence-corrected chi connectivity index (χ4v) is 4.06. The summed E-state index contributed by atoms with van der Waals surface area (Å²) >= 11 is 0. The average Bonchev–Trinajstić information content (AvgIpc) is 2.88. The Morgan fingerprint density at radius 2 is 1.37 bits per heavy atom. The summed E-state index contributed by atoms with van der Waals surface area (Å²) in [7, 11) is 1.71. The highest BCUT2D eigenvalue weighted by Crippen LogP contribution is 2.37. The van der Waals surface area contributed by atoms with Crippen LogP contribution >= 0.6 is 0 Å². The molecule has 1 unspecified atom stereocenters. The summed E-state index contributed by atoms with van der Waals surface area (Å²) in [6.07, 6.45) is -8.46. The smallest absolute Gasteiger partial charge is 0.375 e. The van der Waals surface area contributed by atoms with Crippen LogP contribution in [0, 0.1) is 0 Å². The quantitative estimate of drug-likeness (QED) is 0.105. The lowest BCUT2D eigenvalue weighted by molar-refractivity contribution is -0.143. The average molecular weight is 540 g/mol. The second kappa shape index (κ2) is 12.8. The Morgan fingerprint density at radius 3 is 1.82 bits per heavy atom. The van der Waals surface area contributed by atoms with Gasteiger partial charge >= 0.3 is 12.4 Å². The van der Waals surface area contributed by atoms with E-state index in [1.807, 2.05) is 60.7 Å². The van der Waals surface area contributed by atoms with Crippen LogP contribution in [0.4, 0.5) is 26.3 Å². The molecule has 2 N–H and O–H groups in total. The summed E-state index contributed by atoms with van der Waals surface area (Å²) in [6, 6.07) is 19.8. The second-order valence-electron chi connectivity index (χ2n) is 8.52. The molecule has 0 amide bonds. The molecule has 38 heavy (non-hydrogen) atoms. The summed E-state index contributed by atoms with van der Waals surface area (Å²) in [5, 5.41) is 12.9. The van der Waals surface area contributed by atoms with Crippen LogP contribution in [0.3, 0.4) is 0 Å². The van der Waals surface area contributed by atoms with Gasteiger partial charge in [0, 0.05) is 13.0 Å². The number of aliphatic hydroxyl groups is 1. The molecule has 3 rings (SSSR count). The van der Waals surface area contributed by atoms with E-state index in [2.05, 4.69) is 10.5 Å². The molecular formula is C27H27F6N3O2. The molecule has 0 fully saturated rings. The highest BCUT2D eigenvalue weighted by atomic mass is 19.4. The molecule has 0 aromatic heterocycles. The number of nitrogens with one attached hydrogen (secondary N) is 1. The van der Waals surface area contributed by atoms with Gasteiger partial charge in [-0.1, -0.05) is 60.7 Å². The normalized spacial score (nSPS) is 13.2. The predicted molar refractivity (Wildman–Crippen MR) is 131 cm³/mol. The molecule has 3 aromatic carbocycles. The van der Waals surface area contributed by atoms with Crippen molar-refractivity contribution < 1.29 is 36.2 Å². The third-order valence-corrected chi connectivity index (χ3v) is 5.83. The highest BCUT2D eigenvalue weighted by molar-refractivity contribution is 5.55. The van der Waals surface area contributed by atoms with E-state index in [0.29, 0.717) is 12.1 Å². The summed E-state index contributed by atoms with van der Waals surface area (Å²) in [6.45, 7) is -0.934. The molecule has 0 saturated heterocycles. The topological polar surface area (TPSA) is 57.1 Å². The van der Waals surface area contributed by atoms with Crippen LogP contribution in [-0.2, 0) is 23.7 Å². The van der Waals surface area contributed by atoms with Crippen molar-refractivity contribution >= 4 is 6.34 Å². The molecule has 0 aliphatic heterocycles. The van der Waals surface area contributed by atoms with Gasteiger partial charge in [-0.15, -0.1) is 0 Å². The number of ether oxygens (including phenoxy) is 1. The minimum absolute atomic E-state index is 0.0618. The number of hydrazone groups is 1. The number of alkyl halides is 6. The second-order valence-corrected chi connectivity index (χ2v) is 8.52. The van der Waals surface area contributed by atoms with Crippen molar-refractivity contribution in [1.29, 1.82) is 0 Å². The third-order valence-electron chi connectivity index (χ3n) is 5.83. The van der Waals surface area contributed by atoms with Gasteiger partial charge in [0.2, 0.25) is 0 Å². The first-order valence-corrected chi connectivity index (χ1v) is 11.6. The minimum Gasteiger partial charge on any atom is -0.375 e. The molecule has 11 heteroatoms. The van der Waals surface area contributed by atoms with Crippen molar-refractivity contribution in [3.8, 4) is 0 Å². The number of benzene rings is 3. The monoisotopic (exact) mass is 539 g/mol. The molecule has 0 saturated carbocycles. The van der Waals surface area contributed by atoms with E-state index < -0.39 is 42.9 Å². The Hall–Kier alpha value is -3.57. The number of aliphatic hydroxyl groups excluding tert-OH is 1. The fraction of sp³-hybridized carbons (Fsp3) is 0.296. The number of nitrogens with zero attached hydrogens (tertiary/aromatic N) is 2. The van der Waals surface area contributed by atoms with Crippen molar-refractivity contribution in [2.24, 2.45) is 5.10 Å². The van der Waals surface area contributed by atoms with Crippen LogP contribution in [0.5, 0.6) is 0 Å². The van der Waals surface area contributed by atoms with Gasteiger partial charge < -0.3 is 14.7 Å². The zero-order chi connectivity index (χ0) is 27.8. The van der Waals surface area contributed by atoms with Gasteiger partial charge in [0.25, 0.3) is 0 Å². The molecule has 0 bridgehead atoms. The van der Waals surface area contributed by atoms with Crippen molar-refractivity contribution in [1.82, 2.24) is 10.3 Å². The van der Waals surface area contributed by atoms with Gasteiger partial charge in [-0.2, -0.15) is 31.4 Å². The molecule has 0 spiro atoms. The van der Waals surface area contributed by atoms with Crippen LogP contribution in [0.1, 0.15) is 33.7 Å². The summed E-state index contributed by atoms with van der Waals surface area (Å²) in [4.78, 5) is 1.71. The zero-order valence-corrected chi connectivity index (χ0v) is 20.4. The maximum Gasteiger partial charge on any atom is 0.416 e. The lowest BCUT2D eigenvalue weighted by atomic mass is 9.84. The molecule has 204 valence electrons. The molecule has 0 heterocycles. The molecule has 3 aromatic rings. The van der Waals surface area contributed by atoms with Gasteiger partial charge in [-0.25, -0.2) is 0 Å². The summed E-state index contributed by atoms with van der Waals surface area (Å²) in [5.74, 6) is -0.296. The molecule has 5 nitrogen and oxygen atoms in total. The zero-order valence-electron chi connectivity index (χ0n) is 20.4. The van der Waals surface area contributed by atoms with Crippen molar-refractivity contribution in [3.63, 3.8) is 0 Å². The van der Waals surface area contributed by atoms with Crippen molar-refractivity contribution in [3.05, 3.63) is 107 Å². The first-order chi connectivity index (χ1) is 18.0. The Morgan fingerprint density at radius 1 is 0.868 bits per heavy atom. The number of rotatable bonds is 11. The standard InChI is InChI=1S/C27H27F6N3O2/c1-36(17-34-35-18-37)24(25(20-8-4-2-5-9-20)21-10-6-3-7-11-21)16-38-15-19-12-22(26(28,29)30)14-23(13-19)27(31,32)33/h2-14,17,24-25,35,37H,15-16,18H2,1H3. The van der Waals surface area contributed by atoms with Crippen LogP contribution in [-0.4, -0.2) is 42.8 Å². The predicted octanol–water partition coefficient (Wildman–Crippen LogP) is 5.86. The Bertz CT molecular complexity index is 1100. The van der Waals surface area contributed by atoms with Crippen LogP contribution in [0.15, 0.2) is 84.0 Å². The van der Waals surface area contributed by atoms with Gasteiger partial charge in [-0.05, 0) is 34.9 Å². The maximum absolute atomic E-state index is 13.3. The summed E-state index contributed by atoms with van der Waals surface area (Å²) < 4.78 is 85.4. The largest absolute Gasteiger partial charge is 0.416 e. The van der Waals surface area contributed by atoms with E-state index in [1.165, 1.54) is 6.34 Å². The van der Waals surface area contributed by atoms with E-state index >= 15 is 0 Å².